The Morgan fingerprint density at radius 1 is 1.62 bits per heavy atom. The van der Waals surface area contributed by atoms with Crippen LogP contribution in [0.15, 0.2) is 0 Å². The van der Waals surface area contributed by atoms with Crippen molar-refractivity contribution in [3.8, 4) is 0 Å². The summed E-state index contributed by atoms with van der Waals surface area (Å²) in [7, 11) is 3.22. The van der Waals surface area contributed by atoms with Gasteiger partial charge in [-0.05, 0) is 0 Å². The molecule has 0 aromatic heterocycles. The first-order valence-corrected chi connectivity index (χ1v) is 3.21. The zero-order valence-electron chi connectivity index (χ0n) is 5.51. The average Bonchev–Trinajstić information content (AvgIpc) is 1.83. The van der Waals surface area contributed by atoms with E-state index in [2.05, 4.69) is 0 Å². The van der Waals surface area contributed by atoms with Gasteiger partial charge in [-0.25, -0.2) is 0 Å². The van der Waals surface area contributed by atoms with Gasteiger partial charge >= 0.3 is 16.6 Å². The predicted molar refractivity (Wildman–Crippen MR) is 34.4 cm³/mol. The van der Waals surface area contributed by atoms with E-state index in [1.54, 1.807) is 14.2 Å². The molecule has 0 heterocycles. The van der Waals surface area contributed by atoms with Gasteiger partial charge in [0, 0.05) is 15.6 Å². The van der Waals surface area contributed by atoms with Crippen LogP contribution in [0.3, 0.4) is 0 Å². The topological polar surface area (TPSA) is 27.7 Å². The molecule has 0 amide bonds. The summed E-state index contributed by atoms with van der Waals surface area (Å²) in [4.78, 5) is 0. The van der Waals surface area contributed by atoms with Crippen molar-refractivity contribution in [3.63, 3.8) is 0 Å². The molecule has 0 saturated heterocycles. The van der Waals surface area contributed by atoms with Crippen molar-refractivity contribution in [1.82, 2.24) is 0 Å². The zero-order valence-corrected chi connectivity index (χ0v) is 7.51. The van der Waals surface area contributed by atoms with Gasteiger partial charge in [0.15, 0.2) is 6.29 Å². The maximum atomic E-state index is 4.93. The Balaban J connectivity index is 0. The minimum Gasteiger partial charge on any atom is -0.483 e. The lowest BCUT2D eigenvalue weighted by Crippen LogP contribution is -2.19. The van der Waals surface area contributed by atoms with Crippen molar-refractivity contribution in [1.29, 1.82) is 0 Å². The Hall–Kier alpha value is 0.412. The molecule has 0 spiro atoms. The Bertz CT molecular complexity index is 51.1. The Morgan fingerprint density at radius 2 is 2.25 bits per heavy atom. The summed E-state index contributed by atoms with van der Waals surface area (Å²) in [6.07, 6.45) is -0.160. The lowest BCUT2D eigenvalue weighted by molar-refractivity contribution is -0.0899. The van der Waals surface area contributed by atoms with Crippen LogP contribution in [0.4, 0.5) is 0 Å². The highest BCUT2D eigenvalue weighted by Crippen LogP contribution is 1.87. The lowest BCUT2D eigenvalue weighted by atomic mass is 10.7. The molecule has 1 unspecified atom stereocenters. The molecule has 0 aliphatic rings. The second kappa shape index (κ2) is 5.55. The van der Waals surface area contributed by atoms with E-state index in [1.165, 1.54) is 0 Å². The van der Waals surface area contributed by atoms with E-state index in [1.807, 2.05) is 0 Å². The Kier molecular flexibility index (Phi) is 5.83. The van der Waals surface area contributed by atoms with Gasteiger partial charge in [0.1, 0.15) is 0 Å². The third kappa shape index (κ3) is 3.42. The molecule has 0 aromatic rings. The first-order valence-electron chi connectivity index (χ1n) is 2.39. The van der Waals surface area contributed by atoms with E-state index in [0.717, 1.165) is 0 Å². The van der Waals surface area contributed by atoms with Crippen molar-refractivity contribution in [3.05, 3.63) is 0 Å². The minimum absolute atomic E-state index is 0. The standard InChI is InChI=1S/C4H9O3.Al.H2.2H/c1-6-3-4(5)7-2;;;;/h4H,3H2,1-2H3;;1H;;/q-1;+1;;;. The Labute approximate surface area is 59.2 Å². The second-order valence-electron chi connectivity index (χ2n) is 1.36. The van der Waals surface area contributed by atoms with Crippen LogP contribution in [-0.4, -0.2) is 43.7 Å². The summed E-state index contributed by atoms with van der Waals surface area (Å²) in [5, 5.41) is 0. The summed E-state index contributed by atoms with van der Waals surface area (Å²) in [5.41, 5.74) is 0. The van der Waals surface area contributed by atoms with Crippen LogP contribution >= 0.6 is 0 Å². The highest BCUT2D eigenvalue weighted by molar-refractivity contribution is 5.98. The van der Waals surface area contributed by atoms with E-state index >= 15 is 0 Å². The summed E-state index contributed by atoms with van der Waals surface area (Å²) in [6, 6.07) is 0. The number of rotatable bonds is 4. The average molecular weight is 136 g/mol. The van der Waals surface area contributed by atoms with E-state index < -0.39 is 0 Å². The van der Waals surface area contributed by atoms with Crippen molar-refractivity contribution in [2.45, 2.75) is 6.29 Å². The van der Waals surface area contributed by atoms with Crippen LogP contribution in [0.5, 0.6) is 0 Å². The number of hydrogen-bond acceptors (Lipinski definition) is 3. The molecule has 0 N–H and O–H groups in total. The molecule has 1 atom stereocenters. The van der Waals surface area contributed by atoms with Gasteiger partial charge in [0.2, 0.25) is 0 Å². The molecule has 4 heteroatoms. The largest absolute Gasteiger partial charge is 0.483 e. The molecule has 0 aromatic carbocycles. The molecule has 0 bridgehead atoms. The second-order valence-corrected chi connectivity index (χ2v) is 1.83. The third-order valence-electron chi connectivity index (χ3n) is 0.829. The van der Waals surface area contributed by atoms with Crippen LogP contribution in [0, 0.1) is 0 Å². The molecule has 3 nitrogen and oxygen atoms in total. The van der Waals surface area contributed by atoms with Crippen LogP contribution < -0.4 is 0 Å². The number of ether oxygens (including phenoxy) is 2. The van der Waals surface area contributed by atoms with E-state index in [0.29, 0.717) is 23.2 Å². The van der Waals surface area contributed by atoms with Crippen LogP contribution in [0.1, 0.15) is 1.43 Å². The summed E-state index contributed by atoms with van der Waals surface area (Å²) in [6.45, 7) is 0.514. The maximum absolute atomic E-state index is 4.93. The Morgan fingerprint density at radius 3 is 2.38 bits per heavy atom. The monoisotopic (exact) mass is 136 g/mol. The molecule has 0 saturated carbocycles. The molecule has 0 aliphatic heterocycles. The lowest BCUT2D eigenvalue weighted by Gasteiger charge is -2.12. The fourth-order valence-electron chi connectivity index (χ4n) is 0.368. The van der Waals surface area contributed by atoms with Gasteiger partial charge in [0.25, 0.3) is 0 Å². The molecule has 8 heavy (non-hydrogen) atoms. The van der Waals surface area contributed by atoms with Crippen molar-refractivity contribution >= 4 is 16.6 Å². The van der Waals surface area contributed by atoms with Crippen molar-refractivity contribution in [2.75, 3.05) is 20.8 Å². The van der Waals surface area contributed by atoms with Crippen molar-refractivity contribution < 1.29 is 14.7 Å². The summed E-state index contributed by atoms with van der Waals surface area (Å²) < 4.78 is 14.5. The molecular formula is C4H13AlO3. The van der Waals surface area contributed by atoms with Crippen LogP contribution in [0.25, 0.3) is 0 Å². The highest BCUT2D eigenvalue weighted by atomic mass is 27.1. The summed E-state index contributed by atoms with van der Waals surface area (Å²) in [5.74, 6) is 0. The first kappa shape index (κ1) is 8.41. The molecule has 0 aliphatic carbocycles. The van der Waals surface area contributed by atoms with Crippen LogP contribution in [0.2, 0.25) is 0 Å². The fourth-order valence-corrected chi connectivity index (χ4v) is 0.697. The van der Waals surface area contributed by atoms with Crippen LogP contribution in [-0.2, 0) is 13.3 Å². The maximum Gasteiger partial charge on any atom is 0.413 e. The predicted octanol–water partition coefficient (Wildman–Crippen LogP) is -0.584. The molecule has 0 rings (SSSR count). The first-order chi connectivity index (χ1) is 3.85. The third-order valence-corrected chi connectivity index (χ3v) is 1.35. The van der Waals surface area contributed by atoms with Gasteiger partial charge < -0.3 is 13.3 Å². The van der Waals surface area contributed by atoms with E-state index in [-0.39, 0.29) is 7.72 Å². The SMILES string of the molecule is COCC(OC)[O][AlH2].[HH]. The quantitative estimate of drug-likeness (QED) is 0.382. The van der Waals surface area contributed by atoms with Gasteiger partial charge in [-0.2, -0.15) is 0 Å². The van der Waals surface area contributed by atoms with Gasteiger partial charge in [-0.15, -0.1) is 0 Å². The normalized spacial score (nSPS) is 13.8. The molecular weight excluding hydrogens is 123 g/mol. The van der Waals surface area contributed by atoms with E-state index in [4.69, 9.17) is 13.3 Å². The zero-order chi connectivity index (χ0) is 6.41. The van der Waals surface area contributed by atoms with Gasteiger partial charge in [-0.1, -0.05) is 0 Å². The molecule has 50 valence electrons. The highest BCUT2D eigenvalue weighted by Gasteiger charge is 1.99. The van der Waals surface area contributed by atoms with Gasteiger partial charge in [0.05, 0.1) is 6.61 Å². The number of methoxy groups -OCH3 is 2. The van der Waals surface area contributed by atoms with Gasteiger partial charge in [-0.3, -0.25) is 0 Å². The fraction of sp³-hybridized carbons (Fsp3) is 1.00. The molecule has 0 fully saturated rings. The van der Waals surface area contributed by atoms with E-state index in [9.17, 15) is 0 Å². The number of hydrogen-bond donors (Lipinski definition) is 0. The smallest absolute Gasteiger partial charge is 0.413 e. The minimum atomic E-state index is -0.160. The van der Waals surface area contributed by atoms with Crippen molar-refractivity contribution in [2.24, 2.45) is 0 Å². The summed E-state index contributed by atoms with van der Waals surface area (Å²) >= 11 is 0.691. The molecule has 0 radical (unpaired) electrons.